The van der Waals surface area contributed by atoms with Gasteiger partial charge < -0.3 is 19.6 Å². The van der Waals surface area contributed by atoms with Gasteiger partial charge in [-0.2, -0.15) is 0 Å². The number of nitrogens with zero attached hydrogens (tertiary/aromatic N) is 2. The Balaban J connectivity index is 1.72. The van der Waals surface area contributed by atoms with Crippen LogP contribution >= 0.6 is 0 Å². The monoisotopic (exact) mass is 465 g/mol. The lowest BCUT2D eigenvalue weighted by atomic mass is 10.1. The van der Waals surface area contributed by atoms with E-state index < -0.39 is 0 Å². The van der Waals surface area contributed by atoms with Crippen molar-refractivity contribution in [2.75, 3.05) is 12.4 Å². The molecule has 0 radical (unpaired) electrons. The minimum Gasteiger partial charge on any atom is -0.494 e. The lowest BCUT2D eigenvalue weighted by molar-refractivity contribution is 0.102. The maximum atomic E-state index is 13.6. The lowest BCUT2D eigenvalue weighted by Gasteiger charge is -2.11. The van der Waals surface area contributed by atoms with Gasteiger partial charge in [0.1, 0.15) is 17.0 Å². The lowest BCUT2D eigenvalue weighted by Crippen LogP contribution is -2.22. The van der Waals surface area contributed by atoms with Crippen LogP contribution in [-0.4, -0.2) is 23.1 Å². The molecular weight excluding hydrogens is 442 g/mol. The van der Waals surface area contributed by atoms with Crippen molar-refractivity contribution in [1.82, 2.24) is 4.98 Å². The number of rotatable bonds is 5. The number of benzene rings is 3. The Morgan fingerprint density at radius 2 is 1.83 bits per heavy atom. The van der Waals surface area contributed by atoms with Crippen molar-refractivity contribution in [3.63, 3.8) is 0 Å². The number of para-hydroxylation sites is 2. The van der Waals surface area contributed by atoms with Crippen LogP contribution in [0.25, 0.3) is 21.7 Å². The Labute approximate surface area is 201 Å². The van der Waals surface area contributed by atoms with E-state index in [1.165, 1.54) is 0 Å². The van der Waals surface area contributed by atoms with Crippen LogP contribution in [0.3, 0.4) is 0 Å². The number of aliphatic hydroxyl groups is 1. The number of pyridine rings is 1. The van der Waals surface area contributed by atoms with Gasteiger partial charge in [0.2, 0.25) is 5.55 Å². The average Bonchev–Trinajstić information content (AvgIpc) is 2.89. The molecule has 3 aromatic carbocycles. The van der Waals surface area contributed by atoms with Crippen molar-refractivity contribution in [1.29, 1.82) is 0 Å². The number of hydrogen-bond donors (Lipinski definition) is 2. The molecule has 0 unspecified atom stereocenters. The molecule has 7 heteroatoms. The van der Waals surface area contributed by atoms with Gasteiger partial charge in [-0.05, 0) is 36.6 Å². The third-order valence-electron chi connectivity index (χ3n) is 5.81. The van der Waals surface area contributed by atoms with E-state index in [9.17, 15) is 9.90 Å². The van der Waals surface area contributed by atoms with E-state index in [1.54, 1.807) is 38.4 Å². The number of ether oxygens (including phenoxy) is 1. The topological polar surface area (TPSA) is 97.0 Å². The van der Waals surface area contributed by atoms with E-state index in [0.29, 0.717) is 39.4 Å². The number of anilines is 1. The average molecular weight is 466 g/mol. The zero-order chi connectivity index (χ0) is 24.4. The van der Waals surface area contributed by atoms with Crippen LogP contribution in [0, 0.1) is 6.92 Å². The summed E-state index contributed by atoms with van der Waals surface area (Å²) < 4.78 is 11.6. The fraction of sp³-hybridized carbons (Fsp3) is 0.107. The summed E-state index contributed by atoms with van der Waals surface area (Å²) in [6.45, 7) is 1.56. The van der Waals surface area contributed by atoms with Gasteiger partial charge >= 0.3 is 0 Å². The van der Waals surface area contributed by atoms with Crippen molar-refractivity contribution in [3.8, 4) is 5.75 Å². The Bertz CT molecular complexity index is 1630. The highest BCUT2D eigenvalue weighted by atomic mass is 16.5. The molecule has 0 aliphatic carbocycles. The molecule has 35 heavy (non-hydrogen) atoms. The van der Waals surface area contributed by atoms with Crippen molar-refractivity contribution in [2.24, 2.45) is 4.99 Å². The van der Waals surface area contributed by atoms with Gasteiger partial charge in [0.05, 0.1) is 19.4 Å². The zero-order valence-electron chi connectivity index (χ0n) is 19.3. The number of aromatic nitrogens is 1. The van der Waals surface area contributed by atoms with Crippen LogP contribution < -0.4 is 15.6 Å². The smallest absolute Gasteiger partial charge is 0.261 e. The maximum absolute atomic E-state index is 13.6. The Morgan fingerprint density at radius 3 is 2.66 bits per heavy atom. The van der Waals surface area contributed by atoms with Crippen molar-refractivity contribution >= 4 is 39.0 Å². The standard InChI is InChI=1S/C28H23N3O4/c1-17-26-21(19(16-32)15-29-17)14-22(28(35-26)31-24-11-5-6-13-25(24)34-2)27(33)30-23-12-7-9-18-8-3-4-10-20(18)23/h3-15,32H,16H2,1-2H3,(H,30,33). The molecule has 1 amide bonds. The van der Waals surface area contributed by atoms with E-state index in [-0.39, 0.29) is 23.6 Å². The summed E-state index contributed by atoms with van der Waals surface area (Å²) in [7, 11) is 1.56. The Morgan fingerprint density at radius 1 is 1.06 bits per heavy atom. The summed E-state index contributed by atoms with van der Waals surface area (Å²) >= 11 is 0. The first kappa shape index (κ1) is 22.3. The molecule has 0 fully saturated rings. The first-order valence-electron chi connectivity index (χ1n) is 11.1. The summed E-state index contributed by atoms with van der Waals surface area (Å²) in [6.07, 6.45) is 1.58. The van der Waals surface area contributed by atoms with Crippen LogP contribution in [-0.2, 0) is 6.61 Å². The number of carbonyl (C=O) groups excluding carboxylic acids is 1. The normalized spacial score (nSPS) is 11.7. The second-order valence-corrected chi connectivity index (χ2v) is 8.00. The molecule has 0 saturated heterocycles. The third-order valence-corrected chi connectivity index (χ3v) is 5.81. The fourth-order valence-corrected chi connectivity index (χ4v) is 4.02. The van der Waals surface area contributed by atoms with Crippen molar-refractivity contribution < 1.29 is 19.1 Å². The highest BCUT2D eigenvalue weighted by Gasteiger charge is 2.17. The zero-order valence-corrected chi connectivity index (χ0v) is 19.3. The van der Waals surface area contributed by atoms with E-state index in [2.05, 4.69) is 15.3 Å². The van der Waals surface area contributed by atoms with E-state index in [0.717, 1.165) is 10.8 Å². The molecule has 0 atom stereocenters. The van der Waals surface area contributed by atoms with Gasteiger partial charge in [0, 0.05) is 28.2 Å². The maximum Gasteiger partial charge on any atom is 0.261 e. The Kier molecular flexibility index (Phi) is 5.99. The first-order chi connectivity index (χ1) is 17.1. The number of nitrogens with one attached hydrogen (secondary N) is 1. The molecule has 2 heterocycles. The molecule has 0 saturated carbocycles. The minimum absolute atomic E-state index is 0.111. The molecular formula is C28H23N3O4. The van der Waals surface area contributed by atoms with Crippen molar-refractivity contribution in [2.45, 2.75) is 13.5 Å². The molecule has 174 valence electrons. The van der Waals surface area contributed by atoms with Crippen LogP contribution in [0.1, 0.15) is 21.6 Å². The number of amides is 1. The number of fused-ring (bicyclic) bond motifs is 2. The summed E-state index contributed by atoms with van der Waals surface area (Å²) in [5, 5.41) is 15.4. The van der Waals surface area contributed by atoms with Gasteiger partial charge in [-0.3, -0.25) is 9.78 Å². The Hall–Kier alpha value is -4.49. The van der Waals surface area contributed by atoms with Gasteiger partial charge in [-0.1, -0.05) is 48.5 Å². The summed E-state index contributed by atoms with van der Waals surface area (Å²) in [5.74, 6) is 0.154. The molecule has 2 N–H and O–H groups in total. The summed E-state index contributed by atoms with van der Waals surface area (Å²) in [4.78, 5) is 22.6. The summed E-state index contributed by atoms with van der Waals surface area (Å²) in [6, 6.07) is 22.5. The second-order valence-electron chi connectivity index (χ2n) is 8.00. The molecule has 0 aliphatic rings. The predicted octanol–water partition coefficient (Wildman–Crippen LogP) is 5.28. The van der Waals surface area contributed by atoms with Crippen LogP contribution in [0.15, 0.2) is 88.4 Å². The number of hydrogen-bond acceptors (Lipinski definition) is 6. The van der Waals surface area contributed by atoms with Crippen LogP contribution in [0.2, 0.25) is 0 Å². The fourth-order valence-electron chi connectivity index (χ4n) is 4.02. The van der Waals surface area contributed by atoms with Crippen LogP contribution in [0.5, 0.6) is 5.75 Å². The quantitative estimate of drug-likeness (QED) is 0.368. The molecule has 2 aromatic heterocycles. The van der Waals surface area contributed by atoms with Crippen molar-refractivity contribution in [3.05, 3.63) is 101 Å². The molecule has 0 aliphatic heterocycles. The molecule has 7 nitrogen and oxygen atoms in total. The number of aliphatic hydroxyl groups excluding tert-OH is 1. The van der Waals surface area contributed by atoms with Gasteiger partial charge in [0.15, 0.2) is 5.58 Å². The van der Waals surface area contributed by atoms with Gasteiger partial charge in [-0.15, -0.1) is 0 Å². The SMILES string of the molecule is COc1ccccc1N=c1oc2c(C)ncc(CO)c2cc1C(=O)Nc1cccc2ccccc12. The highest BCUT2D eigenvalue weighted by molar-refractivity contribution is 6.10. The van der Waals surface area contributed by atoms with Crippen LogP contribution in [0.4, 0.5) is 11.4 Å². The molecule has 5 aromatic rings. The van der Waals surface area contributed by atoms with E-state index in [1.807, 2.05) is 54.6 Å². The van der Waals surface area contributed by atoms with Gasteiger partial charge in [0.25, 0.3) is 5.91 Å². The third kappa shape index (κ3) is 4.25. The highest BCUT2D eigenvalue weighted by Crippen LogP contribution is 2.28. The number of carbonyl (C=O) groups is 1. The van der Waals surface area contributed by atoms with E-state index >= 15 is 0 Å². The molecule has 5 rings (SSSR count). The minimum atomic E-state index is -0.390. The molecule has 0 spiro atoms. The van der Waals surface area contributed by atoms with Gasteiger partial charge in [-0.25, -0.2) is 4.99 Å². The van der Waals surface area contributed by atoms with E-state index in [4.69, 9.17) is 9.15 Å². The first-order valence-corrected chi connectivity index (χ1v) is 11.1. The molecule has 0 bridgehead atoms. The largest absolute Gasteiger partial charge is 0.494 e. The summed E-state index contributed by atoms with van der Waals surface area (Å²) in [5.41, 5.74) is 3.14. The predicted molar refractivity (Wildman–Crippen MR) is 135 cm³/mol. The second kappa shape index (κ2) is 9.40. The number of aryl methyl sites for hydroxylation is 1. The number of methoxy groups -OCH3 is 1.